The lowest BCUT2D eigenvalue weighted by molar-refractivity contribution is 0.0940. The number of amides is 1. The predicted molar refractivity (Wildman–Crippen MR) is 130 cm³/mol. The molecule has 2 unspecified atom stereocenters. The predicted octanol–water partition coefficient (Wildman–Crippen LogP) is 4.67. The summed E-state index contributed by atoms with van der Waals surface area (Å²) in [6, 6.07) is 8.91. The van der Waals surface area contributed by atoms with E-state index in [2.05, 4.69) is 15.5 Å². The van der Waals surface area contributed by atoms with Gasteiger partial charge in [-0.3, -0.25) is 9.59 Å². The molecule has 1 N–H and O–H groups in total. The van der Waals surface area contributed by atoms with Crippen LogP contribution in [0.2, 0.25) is 5.02 Å². The summed E-state index contributed by atoms with van der Waals surface area (Å²) >= 11 is 6.54. The molecule has 0 radical (unpaired) electrons. The Bertz CT molecular complexity index is 1430. The van der Waals surface area contributed by atoms with Crippen molar-refractivity contribution in [3.8, 4) is 5.88 Å². The number of halogens is 1. The molecule has 1 aliphatic carbocycles. The van der Waals surface area contributed by atoms with Gasteiger partial charge in [0.15, 0.2) is 0 Å². The smallest absolute Gasteiger partial charge is 0.264 e. The van der Waals surface area contributed by atoms with E-state index in [1.54, 1.807) is 25.1 Å². The summed E-state index contributed by atoms with van der Waals surface area (Å²) in [4.78, 5) is 30.3. The summed E-state index contributed by atoms with van der Waals surface area (Å²) in [5.41, 5.74) is 1.64. The Balaban J connectivity index is 1.41. The first-order valence-corrected chi connectivity index (χ1v) is 11.7. The van der Waals surface area contributed by atoms with Gasteiger partial charge in [0.05, 0.1) is 23.2 Å². The molecule has 9 heteroatoms. The summed E-state index contributed by atoms with van der Waals surface area (Å²) in [5.74, 6) is 1.02. The minimum absolute atomic E-state index is 0.00882. The van der Waals surface area contributed by atoms with Crippen molar-refractivity contribution in [2.75, 3.05) is 13.7 Å². The molecule has 0 aliphatic heterocycles. The molecular formula is C25H25ClN4O4. The fourth-order valence-electron chi connectivity index (χ4n) is 4.99. The Morgan fingerprint density at radius 2 is 2.12 bits per heavy atom. The average Bonchev–Trinajstić information content (AvgIpc) is 3.24. The van der Waals surface area contributed by atoms with Gasteiger partial charge in [-0.1, -0.05) is 29.2 Å². The van der Waals surface area contributed by atoms with E-state index in [-0.39, 0.29) is 23.4 Å². The van der Waals surface area contributed by atoms with Gasteiger partial charge in [-0.2, -0.15) is 0 Å². The normalized spacial score (nSPS) is 18.3. The number of hydrogen-bond acceptors (Lipinski definition) is 6. The molecule has 8 nitrogen and oxygen atoms in total. The molecule has 0 saturated heterocycles. The van der Waals surface area contributed by atoms with E-state index in [1.165, 1.54) is 13.3 Å². The molecule has 34 heavy (non-hydrogen) atoms. The van der Waals surface area contributed by atoms with Crippen molar-refractivity contribution in [3.63, 3.8) is 0 Å². The maximum atomic E-state index is 13.6. The summed E-state index contributed by atoms with van der Waals surface area (Å²) in [5, 5.41) is 8.89. The van der Waals surface area contributed by atoms with E-state index < -0.39 is 0 Å². The molecule has 4 aromatic rings. The first-order chi connectivity index (χ1) is 16.5. The first kappa shape index (κ1) is 22.4. The van der Waals surface area contributed by atoms with Gasteiger partial charge >= 0.3 is 0 Å². The van der Waals surface area contributed by atoms with Gasteiger partial charge < -0.3 is 19.1 Å². The molecule has 176 valence electrons. The minimum atomic E-state index is -0.173. The number of aromatic nitrogens is 3. The summed E-state index contributed by atoms with van der Waals surface area (Å²) in [6.45, 7) is 2.28. The molecule has 1 saturated carbocycles. The number of rotatable bonds is 5. The molecule has 0 bridgehead atoms. The van der Waals surface area contributed by atoms with Crippen LogP contribution in [0.4, 0.5) is 0 Å². The molecule has 3 heterocycles. The Hall–Kier alpha value is -3.39. The van der Waals surface area contributed by atoms with Crippen LogP contribution in [0.3, 0.4) is 0 Å². The quantitative estimate of drug-likeness (QED) is 0.445. The molecular weight excluding hydrogens is 456 g/mol. The highest BCUT2D eigenvalue weighted by atomic mass is 35.5. The van der Waals surface area contributed by atoms with Gasteiger partial charge in [0, 0.05) is 30.2 Å². The average molecular weight is 481 g/mol. The van der Waals surface area contributed by atoms with Crippen LogP contribution < -0.4 is 15.6 Å². The van der Waals surface area contributed by atoms with Crippen LogP contribution in [0, 0.1) is 12.8 Å². The van der Waals surface area contributed by atoms with Crippen LogP contribution in [0.15, 0.2) is 45.8 Å². The van der Waals surface area contributed by atoms with Gasteiger partial charge in [-0.15, -0.1) is 0 Å². The zero-order valence-electron chi connectivity index (χ0n) is 19.0. The van der Waals surface area contributed by atoms with E-state index in [9.17, 15) is 9.59 Å². The van der Waals surface area contributed by atoms with Crippen LogP contribution in [0.5, 0.6) is 5.88 Å². The Kier molecular flexibility index (Phi) is 6.00. The summed E-state index contributed by atoms with van der Waals surface area (Å²) < 4.78 is 12.3. The molecule has 3 aromatic heterocycles. The van der Waals surface area contributed by atoms with Crippen LogP contribution in [0.1, 0.15) is 47.8 Å². The van der Waals surface area contributed by atoms with E-state index in [0.29, 0.717) is 39.7 Å². The van der Waals surface area contributed by atoms with E-state index >= 15 is 0 Å². The van der Waals surface area contributed by atoms with Crippen molar-refractivity contribution in [1.82, 2.24) is 20.0 Å². The Labute approximate surface area is 200 Å². The van der Waals surface area contributed by atoms with Crippen molar-refractivity contribution in [3.05, 3.63) is 63.2 Å². The fourth-order valence-corrected chi connectivity index (χ4v) is 5.25. The number of benzene rings is 1. The number of carbonyl (C=O) groups excluding carboxylic acids is 1. The van der Waals surface area contributed by atoms with Gasteiger partial charge in [0.25, 0.3) is 11.5 Å². The van der Waals surface area contributed by atoms with Crippen molar-refractivity contribution < 1.29 is 14.1 Å². The minimum Gasteiger partial charge on any atom is -0.481 e. The second-order valence-corrected chi connectivity index (χ2v) is 9.16. The molecule has 0 spiro atoms. The monoisotopic (exact) mass is 480 g/mol. The van der Waals surface area contributed by atoms with Gasteiger partial charge in [0.2, 0.25) is 5.88 Å². The van der Waals surface area contributed by atoms with Crippen molar-refractivity contribution in [2.24, 2.45) is 5.92 Å². The first-order valence-electron chi connectivity index (χ1n) is 11.3. The number of nitrogens with zero attached hydrogens (tertiary/aromatic N) is 3. The van der Waals surface area contributed by atoms with E-state index in [1.807, 2.05) is 16.7 Å². The number of aryl methyl sites for hydroxylation is 1. The van der Waals surface area contributed by atoms with E-state index in [4.69, 9.17) is 20.9 Å². The number of ether oxygens (including phenoxy) is 1. The maximum absolute atomic E-state index is 13.6. The standard InChI is InChI=1S/C25H25ClN4O4/c1-14-21-23(29-34-14)22-18(26)7-4-8-19(22)30(25(21)32)17-6-3-5-15(11-17)12-28-24(31)16-9-10-20(33-2)27-13-16/h4,7-10,13,15,17H,3,5-6,11-12H2,1-2H3,(H,28,31). The second-order valence-electron chi connectivity index (χ2n) is 8.76. The molecule has 1 amide bonds. The summed E-state index contributed by atoms with van der Waals surface area (Å²) in [7, 11) is 1.53. The fraction of sp³-hybridized carbons (Fsp3) is 0.360. The lowest BCUT2D eigenvalue weighted by Gasteiger charge is -2.31. The highest BCUT2D eigenvalue weighted by Gasteiger charge is 2.28. The molecule has 1 fully saturated rings. The number of carbonyl (C=O) groups is 1. The van der Waals surface area contributed by atoms with Gasteiger partial charge in [0.1, 0.15) is 16.7 Å². The van der Waals surface area contributed by atoms with Crippen LogP contribution in [-0.4, -0.2) is 34.3 Å². The van der Waals surface area contributed by atoms with Crippen LogP contribution in [-0.2, 0) is 0 Å². The highest BCUT2D eigenvalue weighted by molar-refractivity contribution is 6.37. The van der Waals surface area contributed by atoms with Crippen molar-refractivity contribution in [1.29, 1.82) is 0 Å². The Morgan fingerprint density at radius 3 is 2.88 bits per heavy atom. The van der Waals surface area contributed by atoms with Crippen molar-refractivity contribution >= 4 is 39.3 Å². The third kappa shape index (κ3) is 3.92. The molecule has 5 rings (SSSR count). The number of hydrogen-bond donors (Lipinski definition) is 1. The van der Waals surface area contributed by atoms with Gasteiger partial charge in [-0.25, -0.2) is 4.98 Å². The van der Waals surface area contributed by atoms with Crippen LogP contribution >= 0.6 is 11.6 Å². The van der Waals surface area contributed by atoms with Crippen LogP contribution in [0.25, 0.3) is 21.8 Å². The highest BCUT2D eigenvalue weighted by Crippen LogP contribution is 2.36. The Morgan fingerprint density at radius 1 is 1.26 bits per heavy atom. The zero-order valence-corrected chi connectivity index (χ0v) is 19.8. The number of methoxy groups -OCH3 is 1. The number of pyridine rings is 2. The number of fused-ring (bicyclic) bond motifs is 3. The number of nitrogens with one attached hydrogen (secondary N) is 1. The molecule has 1 aliphatic rings. The lowest BCUT2D eigenvalue weighted by Crippen LogP contribution is -2.34. The topological polar surface area (TPSA) is 99.2 Å². The summed E-state index contributed by atoms with van der Waals surface area (Å²) in [6.07, 6.45) is 5.11. The molecule has 2 atom stereocenters. The van der Waals surface area contributed by atoms with Crippen molar-refractivity contribution in [2.45, 2.75) is 38.6 Å². The zero-order chi connectivity index (χ0) is 23.8. The van der Waals surface area contributed by atoms with Gasteiger partial charge in [-0.05, 0) is 50.3 Å². The molecule has 1 aromatic carbocycles. The lowest BCUT2D eigenvalue weighted by atomic mass is 9.85. The second kappa shape index (κ2) is 9.10. The largest absolute Gasteiger partial charge is 0.481 e. The third-order valence-corrected chi connectivity index (χ3v) is 6.98. The van der Waals surface area contributed by atoms with E-state index in [0.717, 1.165) is 36.6 Å². The third-order valence-electron chi connectivity index (χ3n) is 6.66. The maximum Gasteiger partial charge on any atom is 0.264 e. The SMILES string of the molecule is COc1ccc(C(=O)NCC2CCCC(n3c(=O)c4c(C)onc4c4c(Cl)cccc43)C2)cn1.